The van der Waals surface area contributed by atoms with Crippen molar-refractivity contribution in [3.05, 3.63) is 28.8 Å². The number of ether oxygens (including phenoxy) is 2. The lowest BCUT2D eigenvalue weighted by Gasteiger charge is -2.19. The van der Waals surface area contributed by atoms with Gasteiger partial charge in [-0.2, -0.15) is 0 Å². The van der Waals surface area contributed by atoms with E-state index >= 15 is 0 Å². The first kappa shape index (κ1) is 15.5. The second kappa shape index (κ2) is 7.14. The van der Waals surface area contributed by atoms with Crippen molar-refractivity contribution in [2.45, 2.75) is 20.8 Å². The molecule has 0 aromatic heterocycles. The molecule has 1 rings (SSSR count). The maximum absolute atomic E-state index is 11.5. The average molecular weight is 265 g/mol. The fraction of sp³-hybridized carbons (Fsp3) is 0.533. The molecule has 1 aromatic carbocycles. The Labute approximate surface area is 115 Å². The number of aryl methyl sites for hydroxylation is 2. The lowest BCUT2D eigenvalue weighted by molar-refractivity contribution is -0.134. The summed E-state index contributed by atoms with van der Waals surface area (Å²) in [4.78, 5) is 13.1. The first-order valence-electron chi connectivity index (χ1n) is 6.40. The highest BCUT2D eigenvalue weighted by Gasteiger charge is 2.10. The summed E-state index contributed by atoms with van der Waals surface area (Å²) in [5.41, 5.74) is 3.49. The molecule has 0 aliphatic rings. The summed E-state index contributed by atoms with van der Waals surface area (Å²) in [6, 6.07) is 4.14. The van der Waals surface area contributed by atoms with Gasteiger partial charge < -0.3 is 14.4 Å². The van der Waals surface area contributed by atoms with Crippen molar-refractivity contribution >= 4 is 5.91 Å². The summed E-state index contributed by atoms with van der Waals surface area (Å²) >= 11 is 0. The highest BCUT2D eigenvalue weighted by Crippen LogP contribution is 2.25. The van der Waals surface area contributed by atoms with E-state index in [1.54, 1.807) is 11.9 Å². The van der Waals surface area contributed by atoms with Crippen molar-refractivity contribution < 1.29 is 14.3 Å². The third-order valence-corrected chi connectivity index (χ3v) is 3.24. The number of hydrogen-bond acceptors (Lipinski definition) is 3. The Bertz CT molecular complexity index is 443. The third-order valence-electron chi connectivity index (χ3n) is 3.24. The Hall–Kier alpha value is -1.55. The highest BCUT2D eigenvalue weighted by atomic mass is 16.5. The summed E-state index contributed by atoms with van der Waals surface area (Å²) in [6.45, 7) is 7.29. The Morgan fingerprint density at radius 1 is 1.21 bits per heavy atom. The highest BCUT2D eigenvalue weighted by molar-refractivity contribution is 5.77. The van der Waals surface area contributed by atoms with Crippen LogP contribution >= 0.6 is 0 Å². The summed E-state index contributed by atoms with van der Waals surface area (Å²) in [7, 11) is 3.27. The molecule has 4 heteroatoms. The van der Waals surface area contributed by atoms with Crippen LogP contribution in [0, 0.1) is 20.8 Å². The molecule has 0 fully saturated rings. The van der Waals surface area contributed by atoms with E-state index in [9.17, 15) is 4.79 Å². The van der Waals surface area contributed by atoms with Crippen molar-refractivity contribution in [2.75, 3.05) is 33.9 Å². The van der Waals surface area contributed by atoms with Gasteiger partial charge in [0.15, 0.2) is 0 Å². The van der Waals surface area contributed by atoms with Crippen LogP contribution in [0.5, 0.6) is 5.75 Å². The van der Waals surface area contributed by atoms with Crippen LogP contribution in [0.2, 0.25) is 0 Å². The van der Waals surface area contributed by atoms with E-state index in [1.807, 2.05) is 6.92 Å². The lowest BCUT2D eigenvalue weighted by Crippen LogP contribution is -2.33. The number of rotatable bonds is 6. The number of likely N-dealkylation sites (N-methyl/N-ethyl adjacent to an activating group) is 1. The normalized spacial score (nSPS) is 10.4. The van der Waals surface area contributed by atoms with E-state index in [0.29, 0.717) is 13.2 Å². The molecule has 0 saturated heterocycles. The average Bonchev–Trinajstić information content (AvgIpc) is 2.38. The number of nitrogens with zero attached hydrogens (tertiary/aromatic N) is 1. The zero-order valence-electron chi connectivity index (χ0n) is 12.4. The Morgan fingerprint density at radius 3 is 2.47 bits per heavy atom. The van der Waals surface area contributed by atoms with Gasteiger partial charge in [0, 0.05) is 14.2 Å². The molecule has 0 bridgehead atoms. The fourth-order valence-electron chi connectivity index (χ4n) is 1.79. The van der Waals surface area contributed by atoms with E-state index in [0.717, 1.165) is 16.9 Å². The van der Waals surface area contributed by atoms with E-state index in [1.165, 1.54) is 12.7 Å². The Kier molecular flexibility index (Phi) is 5.83. The molecule has 19 heavy (non-hydrogen) atoms. The van der Waals surface area contributed by atoms with E-state index < -0.39 is 0 Å². The molecular formula is C15H23NO3. The van der Waals surface area contributed by atoms with E-state index in [4.69, 9.17) is 9.47 Å². The van der Waals surface area contributed by atoms with Gasteiger partial charge in [-0.25, -0.2) is 0 Å². The zero-order chi connectivity index (χ0) is 14.4. The van der Waals surface area contributed by atoms with Gasteiger partial charge in [0.25, 0.3) is 0 Å². The quantitative estimate of drug-likeness (QED) is 0.790. The maximum atomic E-state index is 11.5. The molecule has 0 spiro atoms. The minimum absolute atomic E-state index is 0.0382. The zero-order valence-corrected chi connectivity index (χ0v) is 12.4. The van der Waals surface area contributed by atoms with Gasteiger partial charge in [-0.3, -0.25) is 4.79 Å². The summed E-state index contributed by atoms with van der Waals surface area (Å²) < 4.78 is 10.6. The van der Waals surface area contributed by atoms with Crippen LogP contribution in [0.15, 0.2) is 12.1 Å². The van der Waals surface area contributed by atoms with Crippen LogP contribution in [0.3, 0.4) is 0 Å². The predicted molar refractivity (Wildman–Crippen MR) is 75.7 cm³/mol. The molecule has 0 aliphatic carbocycles. The van der Waals surface area contributed by atoms with Gasteiger partial charge in [0.05, 0.1) is 6.54 Å². The van der Waals surface area contributed by atoms with Crippen molar-refractivity contribution in [3.8, 4) is 5.75 Å². The molecule has 0 heterocycles. The van der Waals surface area contributed by atoms with Crippen LogP contribution in [0.25, 0.3) is 0 Å². The molecular weight excluding hydrogens is 242 g/mol. The fourth-order valence-corrected chi connectivity index (χ4v) is 1.79. The minimum atomic E-state index is -0.0382. The summed E-state index contributed by atoms with van der Waals surface area (Å²) in [6.07, 6.45) is 0. The molecule has 0 aliphatic heterocycles. The largest absolute Gasteiger partial charge is 0.491 e. The monoisotopic (exact) mass is 265 g/mol. The number of amides is 1. The lowest BCUT2D eigenvalue weighted by atomic mass is 10.1. The molecule has 1 amide bonds. The minimum Gasteiger partial charge on any atom is -0.491 e. The van der Waals surface area contributed by atoms with Gasteiger partial charge in [0.2, 0.25) is 5.91 Å². The van der Waals surface area contributed by atoms with Crippen molar-refractivity contribution in [1.29, 1.82) is 0 Å². The van der Waals surface area contributed by atoms with Gasteiger partial charge in [-0.15, -0.1) is 0 Å². The van der Waals surface area contributed by atoms with Crippen molar-refractivity contribution in [2.24, 2.45) is 0 Å². The second-order valence-electron chi connectivity index (χ2n) is 4.75. The van der Waals surface area contributed by atoms with Gasteiger partial charge in [-0.05, 0) is 37.5 Å². The number of hydrogen-bond donors (Lipinski definition) is 0. The molecule has 0 radical (unpaired) electrons. The van der Waals surface area contributed by atoms with Crippen LogP contribution in [0.4, 0.5) is 0 Å². The number of benzene rings is 1. The maximum Gasteiger partial charge on any atom is 0.248 e. The predicted octanol–water partition coefficient (Wildman–Crippen LogP) is 2.10. The SMILES string of the molecule is COCC(=O)N(C)CCOc1c(C)ccc(C)c1C. The summed E-state index contributed by atoms with van der Waals surface area (Å²) in [5, 5.41) is 0. The van der Waals surface area contributed by atoms with Crippen LogP contribution in [-0.2, 0) is 9.53 Å². The molecule has 4 nitrogen and oxygen atoms in total. The van der Waals surface area contributed by atoms with Crippen LogP contribution < -0.4 is 4.74 Å². The Morgan fingerprint density at radius 2 is 1.84 bits per heavy atom. The number of carbonyl (C=O) groups excluding carboxylic acids is 1. The van der Waals surface area contributed by atoms with Gasteiger partial charge >= 0.3 is 0 Å². The third kappa shape index (κ3) is 4.24. The Balaban J connectivity index is 2.54. The van der Waals surface area contributed by atoms with Crippen molar-refractivity contribution in [3.63, 3.8) is 0 Å². The molecule has 106 valence electrons. The summed E-state index contributed by atoms with van der Waals surface area (Å²) in [5.74, 6) is 0.886. The van der Waals surface area contributed by atoms with E-state index in [2.05, 4.69) is 26.0 Å². The molecule has 0 N–H and O–H groups in total. The van der Waals surface area contributed by atoms with E-state index in [-0.39, 0.29) is 12.5 Å². The first-order chi connectivity index (χ1) is 8.97. The van der Waals surface area contributed by atoms with Crippen molar-refractivity contribution in [1.82, 2.24) is 4.90 Å². The number of methoxy groups -OCH3 is 1. The van der Waals surface area contributed by atoms with Crippen LogP contribution in [-0.4, -0.2) is 44.7 Å². The molecule has 0 unspecified atom stereocenters. The molecule has 1 aromatic rings. The van der Waals surface area contributed by atoms with Gasteiger partial charge in [-0.1, -0.05) is 12.1 Å². The second-order valence-corrected chi connectivity index (χ2v) is 4.75. The standard InChI is InChI=1S/C15H23NO3/c1-11-6-7-12(2)15(13(11)3)19-9-8-16(4)14(17)10-18-5/h6-7H,8-10H2,1-5H3. The smallest absolute Gasteiger partial charge is 0.248 e. The molecule has 0 atom stereocenters. The van der Waals surface area contributed by atoms with Gasteiger partial charge in [0.1, 0.15) is 19.0 Å². The number of carbonyl (C=O) groups is 1. The first-order valence-corrected chi connectivity index (χ1v) is 6.40. The molecule has 0 saturated carbocycles. The topological polar surface area (TPSA) is 38.8 Å². The van der Waals surface area contributed by atoms with Crippen LogP contribution in [0.1, 0.15) is 16.7 Å².